The van der Waals surface area contributed by atoms with Gasteiger partial charge in [-0.2, -0.15) is 0 Å². The van der Waals surface area contributed by atoms with Crippen LogP contribution in [0.25, 0.3) is 57.0 Å². The molecule has 9 rings (SSSR count). The van der Waals surface area contributed by atoms with Crippen molar-refractivity contribution in [3.05, 3.63) is 191 Å². The lowest BCUT2D eigenvalue weighted by Crippen LogP contribution is -2.11. The molecule has 0 atom stereocenters. The second-order valence-corrected chi connectivity index (χ2v) is 14.5. The molecule has 0 aliphatic carbocycles. The Morgan fingerprint density at radius 2 is 0.885 bits per heavy atom. The van der Waals surface area contributed by atoms with Gasteiger partial charge in [0.1, 0.15) is 23.0 Å². The monoisotopic (exact) mass is 800 g/mol. The van der Waals surface area contributed by atoms with Crippen LogP contribution < -0.4 is 29.6 Å². The van der Waals surface area contributed by atoms with Crippen molar-refractivity contribution >= 4 is 69.0 Å². The number of methoxy groups -OCH3 is 2. The van der Waals surface area contributed by atoms with Crippen molar-refractivity contribution in [2.75, 3.05) is 31.6 Å². The molecule has 0 fully saturated rings. The third kappa shape index (κ3) is 8.15. The number of amides is 2. The zero-order valence-corrected chi connectivity index (χ0v) is 33.5. The van der Waals surface area contributed by atoms with Gasteiger partial charge in [0.05, 0.1) is 14.2 Å². The fourth-order valence-corrected chi connectivity index (χ4v) is 7.52. The largest absolute Gasteiger partial charge is 0.497 e. The quantitative estimate of drug-likeness (QED) is 0.134. The van der Waals surface area contributed by atoms with E-state index in [1.54, 1.807) is 62.8 Å². The van der Waals surface area contributed by atoms with E-state index in [4.69, 9.17) is 18.9 Å². The van der Waals surface area contributed by atoms with Gasteiger partial charge in [0.2, 0.25) is 6.79 Å². The number of hydrogen-bond donors (Lipinski definition) is 2. The molecule has 0 spiro atoms. The number of hydrogen-bond acceptors (Lipinski definition) is 6. The summed E-state index contributed by atoms with van der Waals surface area (Å²) in [7, 11) is 3.19. The molecule has 1 aliphatic rings. The summed E-state index contributed by atoms with van der Waals surface area (Å²) >= 11 is 0. The van der Waals surface area contributed by atoms with E-state index in [9.17, 15) is 9.59 Å². The summed E-state index contributed by atoms with van der Waals surface area (Å²) in [5, 5.41) is 10.2. The Labute approximate surface area is 353 Å². The summed E-state index contributed by atoms with van der Waals surface area (Å²) in [5.41, 5.74) is 8.13. The molecule has 0 saturated carbocycles. The minimum Gasteiger partial charge on any atom is -0.497 e. The van der Waals surface area contributed by atoms with Crippen LogP contribution in [0.1, 0.15) is 43.0 Å². The molecule has 0 radical (unpaired) electrons. The predicted octanol–water partition coefficient (Wildman–Crippen LogP) is 12.3. The molecule has 1 heterocycles. The Hall–Kier alpha value is -8.10. The highest BCUT2D eigenvalue weighted by atomic mass is 16.7. The topological polar surface area (TPSA) is 95.1 Å². The Kier molecular flexibility index (Phi) is 10.7. The molecule has 0 saturated heterocycles. The molecule has 0 aromatic heterocycles. The zero-order chi connectivity index (χ0) is 41.7. The lowest BCUT2D eigenvalue weighted by atomic mass is 9.88. The lowest BCUT2D eigenvalue weighted by Gasteiger charge is -2.17. The van der Waals surface area contributed by atoms with Crippen LogP contribution in [-0.2, 0) is 0 Å². The minimum atomic E-state index is -0.196. The molecule has 298 valence electrons. The number of nitrogens with one attached hydrogen (secondary N) is 2. The Balaban J connectivity index is 1.02. The van der Waals surface area contributed by atoms with Crippen LogP contribution in [0.15, 0.2) is 158 Å². The van der Waals surface area contributed by atoms with Crippen LogP contribution in [0.5, 0.6) is 23.0 Å². The molecule has 8 nitrogen and oxygen atoms in total. The number of carbonyl (C=O) groups excluding carboxylic acids is 2. The molecule has 61 heavy (non-hydrogen) atoms. The molecular formula is C53H40N2O6. The van der Waals surface area contributed by atoms with Gasteiger partial charge >= 0.3 is 0 Å². The van der Waals surface area contributed by atoms with Crippen molar-refractivity contribution in [3.8, 4) is 34.1 Å². The van der Waals surface area contributed by atoms with Crippen LogP contribution in [0.4, 0.5) is 11.4 Å². The van der Waals surface area contributed by atoms with Gasteiger partial charge in [0.15, 0.2) is 0 Å². The number of fused-ring (bicyclic) bond motifs is 7. The zero-order valence-electron chi connectivity index (χ0n) is 33.5. The third-order valence-corrected chi connectivity index (χ3v) is 10.7. The van der Waals surface area contributed by atoms with Crippen LogP contribution in [0.2, 0.25) is 0 Å². The maximum Gasteiger partial charge on any atom is 0.255 e. The third-order valence-electron chi connectivity index (χ3n) is 10.7. The Morgan fingerprint density at radius 1 is 0.492 bits per heavy atom. The van der Waals surface area contributed by atoms with Crippen molar-refractivity contribution in [3.63, 3.8) is 0 Å². The van der Waals surface area contributed by atoms with E-state index in [2.05, 4.69) is 59.2 Å². The SMILES string of the molecule is COc1ccc(C(=O)Nc2ccc(/C=C\c3cc4ccccc4c4c3OCOc3c(/C=C\c5ccc(NC(=O)c6ccc(OC)cc6)cc5)cc5ccccc5c3-4)cc2)cc1. The van der Waals surface area contributed by atoms with E-state index in [0.29, 0.717) is 34.0 Å². The van der Waals surface area contributed by atoms with Gasteiger partial charge in [-0.25, -0.2) is 0 Å². The lowest BCUT2D eigenvalue weighted by molar-refractivity contribution is 0.101. The molecule has 0 unspecified atom stereocenters. The average molecular weight is 801 g/mol. The minimum absolute atomic E-state index is 0.0174. The van der Waals surface area contributed by atoms with E-state index in [1.807, 2.05) is 84.9 Å². The van der Waals surface area contributed by atoms with Crippen molar-refractivity contribution in [1.29, 1.82) is 0 Å². The summed E-state index contributed by atoms with van der Waals surface area (Å²) in [6.45, 7) is 0.0174. The standard InChI is InChI=1S/C53H40N2O6/c1-58-44-27-19-36(20-28-44)52(56)54-42-23-13-34(14-24-42)11-17-40-31-38-7-3-5-9-46(38)48-49-47-10-6-4-8-39(47)32-41(51(49)61-33-60-50(40)48)18-12-35-15-25-43(26-16-35)55-53(57)37-21-29-45(59-2)30-22-37/h3-32H,33H2,1-2H3,(H,54,56)(H,55,57)/b17-11-,18-12-. The second-order valence-electron chi connectivity index (χ2n) is 14.5. The van der Waals surface area contributed by atoms with Gasteiger partial charge in [0, 0.05) is 44.8 Å². The fraction of sp³-hybridized carbons (Fsp3) is 0.0566. The normalized spacial score (nSPS) is 12.0. The second kappa shape index (κ2) is 17.0. The van der Waals surface area contributed by atoms with Crippen molar-refractivity contribution in [2.45, 2.75) is 0 Å². The molecule has 2 amide bonds. The molecule has 8 aromatic carbocycles. The fourth-order valence-electron chi connectivity index (χ4n) is 7.52. The van der Waals surface area contributed by atoms with Crippen LogP contribution >= 0.6 is 0 Å². The van der Waals surface area contributed by atoms with Gasteiger partial charge in [-0.1, -0.05) is 97.1 Å². The van der Waals surface area contributed by atoms with Crippen molar-refractivity contribution < 1.29 is 28.5 Å². The van der Waals surface area contributed by atoms with E-state index in [-0.39, 0.29) is 18.6 Å². The number of ether oxygens (including phenoxy) is 4. The molecular weight excluding hydrogens is 761 g/mol. The summed E-state index contributed by atoms with van der Waals surface area (Å²) in [5.74, 6) is 2.46. The van der Waals surface area contributed by atoms with Crippen molar-refractivity contribution in [1.82, 2.24) is 0 Å². The first-order valence-electron chi connectivity index (χ1n) is 19.8. The summed E-state index contributed by atoms with van der Waals surface area (Å²) < 4.78 is 23.5. The predicted molar refractivity (Wildman–Crippen MR) is 246 cm³/mol. The van der Waals surface area contributed by atoms with Crippen LogP contribution in [-0.4, -0.2) is 32.8 Å². The van der Waals surface area contributed by atoms with Gasteiger partial charge in [-0.05, 0) is 118 Å². The molecule has 1 aliphatic heterocycles. The molecule has 0 bridgehead atoms. The molecule has 8 aromatic rings. The summed E-state index contributed by atoms with van der Waals surface area (Å²) in [6.07, 6.45) is 8.22. The van der Waals surface area contributed by atoms with Crippen LogP contribution in [0, 0.1) is 0 Å². The highest BCUT2D eigenvalue weighted by Gasteiger charge is 2.26. The smallest absolute Gasteiger partial charge is 0.255 e. The Bertz CT molecular complexity index is 2770. The van der Waals surface area contributed by atoms with Gasteiger partial charge in [0.25, 0.3) is 11.8 Å². The highest BCUT2D eigenvalue weighted by molar-refractivity contribution is 6.13. The first-order valence-corrected chi connectivity index (χ1v) is 19.8. The number of rotatable bonds is 10. The van der Waals surface area contributed by atoms with E-state index in [1.165, 1.54) is 0 Å². The van der Waals surface area contributed by atoms with E-state index in [0.717, 1.165) is 66.4 Å². The summed E-state index contributed by atoms with van der Waals surface area (Å²) in [6, 6.07) is 50.4. The first-order chi connectivity index (χ1) is 29.9. The maximum absolute atomic E-state index is 12.9. The average Bonchev–Trinajstić information content (AvgIpc) is 3.52. The molecule has 2 N–H and O–H groups in total. The number of benzene rings is 8. The van der Waals surface area contributed by atoms with Gasteiger partial charge < -0.3 is 29.6 Å². The Morgan fingerprint density at radius 3 is 1.28 bits per heavy atom. The first kappa shape index (κ1) is 38.4. The van der Waals surface area contributed by atoms with Gasteiger partial charge in [-0.15, -0.1) is 0 Å². The van der Waals surface area contributed by atoms with E-state index < -0.39 is 0 Å². The van der Waals surface area contributed by atoms with Crippen molar-refractivity contribution in [2.24, 2.45) is 0 Å². The van der Waals surface area contributed by atoms with E-state index >= 15 is 0 Å². The number of carbonyl (C=O) groups is 2. The highest BCUT2D eigenvalue weighted by Crippen LogP contribution is 2.50. The summed E-state index contributed by atoms with van der Waals surface area (Å²) in [4.78, 5) is 25.7. The van der Waals surface area contributed by atoms with Gasteiger partial charge in [-0.3, -0.25) is 9.59 Å². The van der Waals surface area contributed by atoms with Crippen LogP contribution in [0.3, 0.4) is 0 Å². The maximum atomic E-state index is 12.9. The molecule has 8 heteroatoms. The number of anilines is 2.